The minimum absolute atomic E-state index is 0.495. The summed E-state index contributed by atoms with van der Waals surface area (Å²) in [6.45, 7) is 5.43. The van der Waals surface area contributed by atoms with E-state index in [0.29, 0.717) is 6.54 Å². The standard InChI is InChI=1S/C14H19N3O/c1-4-17-11(9-15)8-13(16-17)12-7-10(2)5-6-14(12)18-3/h5-8H,4,9,15H2,1-3H3. The summed E-state index contributed by atoms with van der Waals surface area (Å²) in [6.07, 6.45) is 0. The molecule has 0 aliphatic heterocycles. The molecule has 1 heterocycles. The molecule has 0 atom stereocenters. The molecule has 0 aliphatic carbocycles. The fourth-order valence-corrected chi connectivity index (χ4v) is 2.05. The highest BCUT2D eigenvalue weighted by molar-refractivity contribution is 5.68. The number of methoxy groups -OCH3 is 1. The Morgan fingerprint density at radius 3 is 2.67 bits per heavy atom. The topological polar surface area (TPSA) is 53.1 Å². The van der Waals surface area contributed by atoms with Crippen LogP contribution in [0.1, 0.15) is 18.2 Å². The molecule has 0 saturated carbocycles. The number of aryl methyl sites for hydroxylation is 2. The van der Waals surface area contributed by atoms with Gasteiger partial charge in [-0.05, 0) is 32.0 Å². The number of aromatic nitrogens is 2. The molecule has 4 heteroatoms. The zero-order valence-corrected chi connectivity index (χ0v) is 11.1. The molecule has 1 aromatic carbocycles. The first-order valence-electron chi connectivity index (χ1n) is 6.11. The molecular weight excluding hydrogens is 226 g/mol. The lowest BCUT2D eigenvalue weighted by Gasteiger charge is -2.07. The largest absolute Gasteiger partial charge is 0.496 e. The van der Waals surface area contributed by atoms with E-state index in [0.717, 1.165) is 29.2 Å². The lowest BCUT2D eigenvalue weighted by molar-refractivity contribution is 0.416. The summed E-state index contributed by atoms with van der Waals surface area (Å²) in [7, 11) is 1.68. The van der Waals surface area contributed by atoms with Gasteiger partial charge in [-0.3, -0.25) is 4.68 Å². The molecule has 0 unspecified atom stereocenters. The van der Waals surface area contributed by atoms with Crippen molar-refractivity contribution in [1.29, 1.82) is 0 Å². The van der Waals surface area contributed by atoms with Crippen molar-refractivity contribution in [2.45, 2.75) is 26.9 Å². The van der Waals surface area contributed by atoms with Crippen molar-refractivity contribution in [2.75, 3.05) is 7.11 Å². The first kappa shape index (κ1) is 12.6. The number of nitrogens with zero attached hydrogens (tertiary/aromatic N) is 2. The highest BCUT2D eigenvalue weighted by Gasteiger charge is 2.12. The molecule has 0 amide bonds. The van der Waals surface area contributed by atoms with Crippen LogP contribution in [0.15, 0.2) is 24.3 Å². The van der Waals surface area contributed by atoms with Gasteiger partial charge in [0.25, 0.3) is 0 Å². The molecule has 2 rings (SSSR count). The van der Waals surface area contributed by atoms with Gasteiger partial charge in [0.15, 0.2) is 0 Å². The minimum Gasteiger partial charge on any atom is -0.496 e. The van der Waals surface area contributed by atoms with Gasteiger partial charge in [-0.1, -0.05) is 11.6 Å². The molecule has 1 aromatic heterocycles. The van der Waals surface area contributed by atoms with Crippen LogP contribution in [0.3, 0.4) is 0 Å². The number of hydrogen-bond donors (Lipinski definition) is 1. The van der Waals surface area contributed by atoms with E-state index in [1.54, 1.807) is 7.11 Å². The second-order valence-electron chi connectivity index (χ2n) is 4.24. The maximum atomic E-state index is 5.73. The van der Waals surface area contributed by atoms with E-state index in [1.165, 1.54) is 5.56 Å². The molecule has 4 nitrogen and oxygen atoms in total. The van der Waals surface area contributed by atoms with E-state index in [4.69, 9.17) is 10.5 Å². The molecule has 0 bridgehead atoms. The van der Waals surface area contributed by atoms with Crippen LogP contribution in [0.25, 0.3) is 11.3 Å². The van der Waals surface area contributed by atoms with Crippen molar-refractivity contribution >= 4 is 0 Å². The van der Waals surface area contributed by atoms with Crippen LogP contribution < -0.4 is 10.5 Å². The van der Waals surface area contributed by atoms with Crippen LogP contribution in [0.2, 0.25) is 0 Å². The van der Waals surface area contributed by atoms with Gasteiger partial charge in [-0.2, -0.15) is 5.10 Å². The van der Waals surface area contributed by atoms with Crippen molar-refractivity contribution in [3.05, 3.63) is 35.5 Å². The Balaban J connectivity index is 2.53. The molecule has 0 fully saturated rings. The third-order valence-corrected chi connectivity index (χ3v) is 3.00. The maximum absolute atomic E-state index is 5.73. The molecule has 0 saturated heterocycles. The average molecular weight is 245 g/mol. The van der Waals surface area contributed by atoms with Crippen molar-refractivity contribution in [2.24, 2.45) is 5.73 Å². The normalized spacial score (nSPS) is 10.7. The molecule has 0 spiro atoms. The third kappa shape index (κ3) is 2.24. The quantitative estimate of drug-likeness (QED) is 0.899. The third-order valence-electron chi connectivity index (χ3n) is 3.00. The minimum atomic E-state index is 0.495. The SMILES string of the molecule is CCn1nc(-c2cc(C)ccc2OC)cc1CN. The molecule has 2 aromatic rings. The van der Waals surface area contributed by atoms with E-state index >= 15 is 0 Å². The lowest BCUT2D eigenvalue weighted by atomic mass is 10.1. The Bertz CT molecular complexity index is 524. The van der Waals surface area contributed by atoms with Gasteiger partial charge in [0, 0.05) is 18.7 Å². The van der Waals surface area contributed by atoms with E-state index in [-0.39, 0.29) is 0 Å². The Morgan fingerprint density at radius 2 is 2.11 bits per heavy atom. The van der Waals surface area contributed by atoms with Gasteiger partial charge >= 0.3 is 0 Å². The summed E-state index contributed by atoms with van der Waals surface area (Å²) in [4.78, 5) is 0. The number of nitrogens with two attached hydrogens (primary N) is 1. The number of benzene rings is 1. The predicted molar refractivity (Wildman–Crippen MR) is 72.5 cm³/mol. The second kappa shape index (κ2) is 5.23. The van der Waals surface area contributed by atoms with Gasteiger partial charge in [-0.25, -0.2) is 0 Å². The van der Waals surface area contributed by atoms with Crippen LogP contribution >= 0.6 is 0 Å². The first-order valence-corrected chi connectivity index (χ1v) is 6.11. The molecular formula is C14H19N3O. The van der Waals surface area contributed by atoms with Crippen LogP contribution in [0.4, 0.5) is 0 Å². The van der Waals surface area contributed by atoms with Crippen LogP contribution in [-0.2, 0) is 13.1 Å². The van der Waals surface area contributed by atoms with Crippen molar-refractivity contribution in [1.82, 2.24) is 9.78 Å². The smallest absolute Gasteiger partial charge is 0.128 e. The fraction of sp³-hybridized carbons (Fsp3) is 0.357. The molecule has 0 radical (unpaired) electrons. The average Bonchev–Trinajstić information content (AvgIpc) is 2.81. The number of ether oxygens (including phenoxy) is 1. The van der Waals surface area contributed by atoms with Gasteiger partial charge in [0.05, 0.1) is 18.5 Å². The molecule has 18 heavy (non-hydrogen) atoms. The predicted octanol–water partition coefficient (Wildman–Crippen LogP) is 2.35. The Morgan fingerprint density at radius 1 is 1.33 bits per heavy atom. The summed E-state index contributed by atoms with van der Waals surface area (Å²) < 4.78 is 7.32. The van der Waals surface area contributed by atoms with Crippen LogP contribution in [0, 0.1) is 6.92 Å². The second-order valence-corrected chi connectivity index (χ2v) is 4.24. The van der Waals surface area contributed by atoms with Gasteiger partial charge < -0.3 is 10.5 Å². The zero-order valence-electron chi connectivity index (χ0n) is 11.1. The van der Waals surface area contributed by atoms with E-state index in [9.17, 15) is 0 Å². The Labute approximate surface area is 107 Å². The summed E-state index contributed by atoms with van der Waals surface area (Å²) in [5.74, 6) is 0.838. The number of hydrogen-bond acceptors (Lipinski definition) is 3. The summed E-state index contributed by atoms with van der Waals surface area (Å²) in [6, 6.07) is 8.11. The molecule has 96 valence electrons. The maximum Gasteiger partial charge on any atom is 0.128 e. The zero-order chi connectivity index (χ0) is 13.1. The lowest BCUT2D eigenvalue weighted by Crippen LogP contribution is -2.06. The van der Waals surface area contributed by atoms with Crippen molar-refractivity contribution in [3.63, 3.8) is 0 Å². The number of rotatable bonds is 4. The van der Waals surface area contributed by atoms with Crippen molar-refractivity contribution in [3.8, 4) is 17.0 Å². The molecule has 0 aliphatic rings. The fourth-order valence-electron chi connectivity index (χ4n) is 2.05. The first-order chi connectivity index (χ1) is 8.69. The monoisotopic (exact) mass is 245 g/mol. The van der Waals surface area contributed by atoms with Crippen LogP contribution in [0.5, 0.6) is 5.75 Å². The van der Waals surface area contributed by atoms with Gasteiger partial charge in [-0.15, -0.1) is 0 Å². The van der Waals surface area contributed by atoms with E-state index in [2.05, 4.69) is 25.0 Å². The van der Waals surface area contributed by atoms with Crippen molar-refractivity contribution < 1.29 is 4.74 Å². The highest BCUT2D eigenvalue weighted by atomic mass is 16.5. The van der Waals surface area contributed by atoms with Crippen LogP contribution in [-0.4, -0.2) is 16.9 Å². The van der Waals surface area contributed by atoms with Gasteiger partial charge in [0.2, 0.25) is 0 Å². The molecule has 2 N–H and O–H groups in total. The highest BCUT2D eigenvalue weighted by Crippen LogP contribution is 2.30. The Kier molecular flexibility index (Phi) is 3.67. The Hall–Kier alpha value is -1.81. The summed E-state index contributed by atoms with van der Waals surface area (Å²) >= 11 is 0. The summed E-state index contributed by atoms with van der Waals surface area (Å²) in [5, 5.41) is 4.58. The van der Waals surface area contributed by atoms with E-state index < -0.39 is 0 Å². The van der Waals surface area contributed by atoms with E-state index in [1.807, 2.05) is 22.9 Å². The van der Waals surface area contributed by atoms with Gasteiger partial charge in [0.1, 0.15) is 5.75 Å². The summed E-state index contributed by atoms with van der Waals surface area (Å²) in [5.41, 5.74) is 9.88.